The highest BCUT2D eigenvalue weighted by Crippen LogP contribution is 2.40. The minimum absolute atomic E-state index is 0.0897. The number of amides is 1. The van der Waals surface area contributed by atoms with Crippen LogP contribution in [0.1, 0.15) is 52.6 Å². The second-order valence-electron chi connectivity index (χ2n) is 5.48. The Bertz CT molecular complexity index is 652. The van der Waals surface area contributed by atoms with E-state index in [-0.39, 0.29) is 11.8 Å². The maximum Gasteiger partial charge on any atom is 0.276 e. The molecule has 2 fully saturated rings. The monoisotopic (exact) mass is 274 g/mol. The fraction of sp³-hybridized carbons (Fsp3) is 0.538. The van der Waals surface area contributed by atoms with E-state index in [1.165, 1.54) is 0 Å². The molecule has 0 N–H and O–H groups in total. The molecule has 4 rings (SSSR count). The zero-order valence-electron chi connectivity index (χ0n) is 11.1. The van der Waals surface area contributed by atoms with Gasteiger partial charge in [0.1, 0.15) is 5.76 Å². The maximum absolute atomic E-state index is 12.2. The fourth-order valence-electron chi connectivity index (χ4n) is 2.39. The lowest BCUT2D eigenvalue weighted by Gasteiger charge is -2.36. The molecular formula is C13H14N4O3. The van der Waals surface area contributed by atoms with Crippen molar-refractivity contribution < 1.29 is 13.8 Å². The van der Waals surface area contributed by atoms with Crippen LogP contribution in [0.5, 0.6) is 0 Å². The highest BCUT2D eigenvalue weighted by Gasteiger charge is 2.37. The Hall–Kier alpha value is -2.18. The average Bonchev–Trinajstić information content (AvgIpc) is 2.95. The van der Waals surface area contributed by atoms with E-state index in [1.807, 2.05) is 0 Å². The molecule has 2 aromatic heterocycles. The summed E-state index contributed by atoms with van der Waals surface area (Å²) in [4.78, 5) is 18.1. The van der Waals surface area contributed by atoms with E-state index >= 15 is 0 Å². The summed E-state index contributed by atoms with van der Waals surface area (Å²) in [6.45, 7) is 2.96. The van der Waals surface area contributed by atoms with E-state index in [9.17, 15) is 4.79 Å². The van der Waals surface area contributed by atoms with Crippen LogP contribution in [-0.4, -0.2) is 39.2 Å². The van der Waals surface area contributed by atoms with Crippen LogP contribution in [0.4, 0.5) is 0 Å². The van der Waals surface area contributed by atoms with Crippen LogP contribution in [0.2, 0.25) is 0 Å². The average molecular weight is 274 g/mol. The van der Waals surface area contributed by atoms with Crippen molar-refractivity contribution >= 4 is 5.91 Å². The molecule has 20 heavy (non-hydrogen) atoms. The van der Waals surface area contributed by atoms with Crippen LogP contribution >= 0.6 is 0 Å². The molecule has 1 amide bonds. The molecule has 1 aliphatic carbocycles. The summed E-state index contributed by atoms with van der Waals surface area (Å²) in [6, 6.07) is 1.77. The van der Waals surface area contributed by atoms with Gasteiger partial charge in [-0.25, -0.2) is 0 Å². The molecule has 0 atom stereocenters. The number of hydrogen-bond acceptors (Lipinski definition) is 6. The number of aromatic nitrogens is 3. The Morgan fingerprint density at radius 1 is 1.25 bits per heavy atom. The molecule has 0 bridgehead atoms. The van der Waals surface area contributed by atoms with Gasteiger partial charge < -0.3 is 13.9 Å². The van der Waals surface area contributed by atoms with Crippen LogP contribution < -0.4 is 0 Å². The summed E-state index contributed by atoms with van der Waals surface area (Å²) >= 11 is 0. The first-order chi connectivity index (χ1) is 9.70. The van der Waals surface area contributed by atoms with E-state index in [0.29, 0.717) is 36.4 Å². The summed E-state index contributed by atoms with van der Waals surface area (Å²) < 4.78 is 10.3. The van der Waals surface area contributed by atoms with Crippen molar-refractivity contribution in [2.75, 3.05) is 13.1 Å². The van der Waals surface area contributed by atoms with E-state index in [2.05, 4.69) is 15.3 Å². The first kappa shape index (κ1) is 11.6. The highest BCUT2D eigenvalue weighted by atomic mass is 16.5. The van der Waals surface area contributed by atoms with Gasteiger partial charge in [0.2, 0.25) is 5.89 Å². The second-order valence-corrected chi connectivity index (χ2v) is 5.48. The van der Waals surface area contributed by atoms with Crippen molar-refractivity contribution in [1.29, 1.82) is 0 Å². The molecular weight excluding hydrogens is 260 g/mol. The number of carbonyl (C=O) groups is 1. The standard InChI is InChI=1S/C13H14N4O3/c1-7-14-12(20-15-7)9-5-17(6-9)13(18)10-4-11(19-16-10)8-2-3-8/h4,8-9H,2-3,5-6H2,1H3. The van der Waals surface area contributed by atoms with Gasteiger partial charge in [-0.2, -0.15) is 4.98 Å². The Kier molecular flexibility index (Phi) is 2.42. The summed E-state index contributed by atoms with van der Waals surface area (Å²) in [5.41, 5.74) is 0.395. The van der Waals surface area contributed by atoms with Crippen molar-refractivity contribution in [2.45, 2.75) is 31.6 Å². The van der Waals surface area contributed by atoms with Gasteiger partial charge in [0.15, 0.2) is 11.5 Å². The van der Waals surface area contributed by atoms with Gasteiger partial charge in [0.25, 0.3) is 5.91 Å². The number of carbonyl (C=O) groups excluding carboxylic acids is 1. The zero-order chi connectivity index (χ0) is 13.7. The predicted octanol–water partition coefficient (Wildman–Crippen LogP) is 1.48. The molecule has 104 valence electrons. The Balaban J connectivity index is 1.40. The predicted molar refractivity (Wildman–Crippen MR) is 66.2 cm³/mol. The molecule has 0 unspecified atom stereocenters. The first-order valence-electron chi connectivity index (χ1n) is 6.77. The van der Waals surface area contributed by atoms with E-state index in [4.69, 9.17) is 9.05 Å². The molecule has 2 aliphatic rings. The quantitative estimate of drug-likeness (QED) is 0.842. The van der Waals surface area contributed by atoms with E-state index in [0.717, 1.165) is 18.6 Å². The van der Waals surface area contributed by atoms with Crippen LogP contribution in [0.3, 0.4) is 0 Å². The zero-order valence-corrected chi connectivity index (χ0v) is 11.1. The lowest BCUT2D eigenvalue weighted by molar-refractivity contribution is 0.0558. The number of aryl methyl sites for hydroxylation is 1. The van der Waals surface area contributed by atoms with Crippen LogP contribution in [0.15, 0.2) is 15.1 Å². The molecule has 1 saturated carbocycles. The van der Waals surface area contributed by atoms with E-state index in [1.54, 1.807) is 17.9 Å². The van der Waals surface area contributed by atoms with Crippen molar-refractivity contribution in [3.63, 3.8) is 0 Å². The van der Waals surface area contributed by atoms with Crippen LogP contribution in [0, 0.1) is 6.92 Å². The smallest absolute Gasteiger partial charge is 0.276 e. The molecule has 7 heteroatoms. The molecule has 1 saturated heterocycles. The Morgan fingerprint density at radius 2 is 2.05 bits per heavy atom. The summed E-state index contributed by atoms with van der Waals surface area (Å²) in [5.74, 6) is 2.57. The number of nitrogens with zero attached hydrogens (tertiary/aromatic N) is 4. The molecule has 0 radical (unpaired) electrons. The van der Waals surface area contributed by atoms with E-state index < -0.39 is 0 Å². The minimum Gasteiger partial charge on any atom is -0.360 e. The van der Waals surface area contributed by atoms with Crippen LogP contribution in [-0.2, 0) is 0 Å². The first-order valence-corrected chi connectivity index (χ1v) is 6.77. The lowest BCUT2D eigenvalue weighted by atomic mass is 9.99. The van der Waals surface area contributed by atoms with Gasteiger partial charge in [0.05, 0.1) is 5.92 Å². The normalized spacial score (nSPS) is 19.1. The number of likely N-dealkylation sites (tertiary alicyclic amines) is 1. The minimum atomic E-state index is -0.0897. The third kappa shape index (κ3) is 1.90. The molecule has 3 heterocycles. The Labute approximate surface area is 114 Å². The summed E-state index contributed by atoms with van der Waals surface area (Å²) in [6.07, 6.45) is 2.26. The van der Waals surface area contributed by atoms with Gasteiger partial charge in [-0.1, -0.05) is 10.3 Å². The third-order valence-electron chi connectivity index (χ3n) is 3.79. The van der Waals surface area contributed by atoms with Crippen molar-refractivity contribution in [2.24, 2.45) is 0 Å². The fourth-order valence-corrected chi connectivity index (χ4v) is 2.39. The van der Waals surface area contributed by atoms with Crippen molar-refractivity contribution in [3.8, 4) is 0 Å². The third-order valence-corrected chi connectivity index (χ3v) is 3.79. The SMILES string of the molecule is Cc1noc(C2CN(C(=O)c3cc(C4CC4)on3)C2)n1. The molecule has 1 aliphatic heterocycles. The molecule has 2 aromatic rings. The van der Waals surface area contributed by atoms with Gasteiger partial charge in [0, 0.05) is 25.1 Å². The largest absolute Gasteiger partial charge is 0.360 e. The van der Waals surface area contributed by atoms with Gasteiger partial charge in [-0.15, -0.1) is 0 Å². The highest BCUT2D eigenvalue weighted by molar-refractivity contribution is 5.93. The van der Waals surface area contributed by atoms with Crippen molar-refractivity contribution in [3.05, 3.63) is 29.2 Å². The van der Waals surface area contributed by atoms with Gasteiger partial charge >= 0.3 is 0 Å². The van der Waals surface area contributed by atoms with Crippen molar-refractivity contribution in [1.82, 2.24) is 20.2 Å². The summed E-state index contributed by atoms with van der Waals surface area (Å²) in [7, 11) is 0. The molecule has 0 spiro atoms. The maximum atomic E-state index is 12.2. The molecule has 7 nitrogen and oxygen atoms in total. The number of rotatable bonds is 3. The molecule has 0 aromatic carbocycles. The topological polar surface area (TPSA) is 85.3 Å². The Morgan fingerprint density at radius 3 is 2.70 bits per heavy atom. The van der Waals surface area contributed by atoms with Gasteiger partial charge in [-0.05, 0) is 19.8 Å². The van der Waals surface area contributed by atoms with Gasteiger partial charge in [-0.3, -0.25) is 4.79 Å². The van der Waals surface area contributed by atoms with Crippen LogP contribution in [0.25, 0.3) is 0 Å². The summed E-state index contributed by atoms with van der Waals surface area (Å²) in [5, 5.41) is 7.62. The lowest BCUT2D eigenvalue weighted by Crippen LogP contribution is -2.48. The number of hydrogen-bond donors (Lipinski definition) is 0. The second kappa shape index (κ2) is 4.16.